The maximum atomic E-state index is 5.76. The van der Waals surface area contributed by atoms with Gasteiger partial charge < -0.3 is 19.5 Å². The summed E-state index contributed by atoms with van der Waals surface area (Å²) in [7, 11) is 3.40. The molecule has 108 valence electrons. The van der Waals surface area contributed by atoms with Crippen LogP contribution in [0.25, 0.3) is 0 Å². The fourth-order valence-electron chi connectivity index (χ4n) is 2.14. The molecule has 1 fully saturated rings. The lowest BCUT2D eigenvalue weighted by Gasteiger charge is -2.35. The van der Waals surface area contributed by atoms with Crippen LogP contribution >= 0.6 is 0 Å². The smallest absolute Gasteiger partial charge is 0.0928 e. The minimum Gasteiger partial charge on any atom is -0.382 e. The zero-order valence-corrected chi connectivity index (χ0v) is 12.1. The number of methoxy groups -OCH3 is 2. The second-order valence-corrected chi connectivity index (χ2v) is 5.05. The molecule has 1 heterocycles. The highest BCUT2D eigenvalue weighted by Crippen LogP contribution is 2.08. The normalized spacial score (nSPS) is 23.5. The predicted octanol–water partition coefficient (Wildman–Crippen LogP) is 0.347. The third kappa shape index (κ3) is 5.63. The molecule has 1 saturated heterocycles. The summed E-state index contributed by atoms with van der Waals surface area (Å²) in [4.78, 5) is 2.46. The quantitative estimate of drug-likeness (QED) is 0.682. The summed E-state index contributed by atoms with van der Waals surface area (Å²) in [6, 6.07) is 0.594. The average Bonchev–Trinajstić information content (AvgIpc) is 2.38. The van der Waals surface area contributed by atoms with E-state index >= 15 is 0 Å². The van der Waals surface area contributed by atoms with E-state index < -0.39 is 0 Å². The van der Waals surface area contributed by atoms with E-state index in [1.165, 1.54) is 0 Å². The van der Waals surface area contributed by atoms with Crippen LogP contribution in [0.15, 0.2) is 0 Å². The monoisotopic (exact) mass is 260 g/mol. The number of hydrogen-bond acceptors (Lipinski definition) is 5. The number of morpholine rings is 1. The van der Waals surface area contributed by atoms with Crippen molar-refractivity contribution in [1.29, 1.82) is 0 Å². The van der Waals surface area contributed by atoms with E-state index in [1.54, 1.807) is 14.2 Å². The van der Waals surface area contributed by atoms with Gasteiger partial charge in [0.2, 0.25) is 0 Å². The van der Waals surface area contributed by atoms with Gasteiger partial charge in [0.15, 0.2) is 0 Å². The van der Waals surface area contributed by atoms with E-state index in [4.69, 9.17) is 14.2 Å². The molecule has 1 aliphatic heterocycles. The van der Waals surface area contributed by atoms with Gasteiger partial charge in [-0.2, -0.15) is 0 Å². The van der Waals surface area contributed by atoms with Crippen molar-refractivity contribution in [1.82, 2.24) is 10.2 Å². The molecule has 2 atom stereocenters. The maximum absolute atomic E-state index is 5.76. The third-order valence-electron chi connectivity index (χ3n) is 3.33. The molecule has 18 heavy (non-hydrogen) atoms. The van der Waals surface area contributed by atoms with Crippen LogP contribution < -0.4 is 5.32 Å². The summed E-state index contributed by atoms with van der Waals surface area (Å²) >= 11 is 0. The number of rotatable bonds is 8. The van der Waals surface area contributed by atoms with E-state index in [1.807, 2.05) is 0 Å². The van der Waals surface area contributed by atoms with Crippen LogP contribution in [0.4, 0.5) is 0 Å². The molecular weight excluding hydrogens is 232 g/mol. The van der Waals surface area contributed by atoms with Crippen LogP contribution in [0.2, 0.25) is 0 Å². The summed E-state index contributed by atoms with van der Waals surface area (Å²) in [6.45, 7) is 9.62. The largest absolute Gasteiger partial charge is 0.382 e. The first-order valence-corrected chi connectivity index (χ1v) is 6.75. The molecule has 0 aliphatic carbocycles. The number of nitrogens with one attached hydrogen (secondary N) is 1. The molecule has 1 aliphatic rings. The molecule has 0 saturated carbocycles. The second-order valence-electron chi connectivity index (χ2n) is 5.05. The molecule has 1 N–H and O–H groups in total. The second kappa shape index (κ2) is 8.82. The Morgan fingerprint density at radius 3 is 2.78 bits per heavy atom. The van der Waals surface area contributed by atoms with Crippen molar-refractivity contribution >= 4 is 0 Å². The van der Waals surface area contributed by atoms with Gasteiger partial charge in [0, 0.05) is 46.4 Å². The Morgan fingerprint density at radius 2 is 2.17 bits per heavy atom. The lowest BCUT2D eigenvalue weighted by atomic mass is 10.2. The van der Waals surface area contributed by atoms with Crippen molar-refractivity contribution in [2.45, 2.75) is 32.1 Å². The molecule has 0 bridgehead atoms. The molecule has 1 rings (SSSR count). The highest BCUT2D eigenvalue weighted by molar-refractivity contribution is 4.76. The number of ether oxygens (including phenoxy) is 3. The van der Waals surface area contributed by atoms with E-state index in [9.17, 15) is 0 Å². The van der Waals surface area contributed by atoms with E-state index in [0.717, 1.165) is 32.8 Å². The van der Waals surface area contributed by atoms with E-state index in [-0.39, 0.29) is 12.2 Å². The Kier molecular flexibility index (Phi) is 7.77. The van der Waals surface area contributed by atoms with Crippen LogP contribution in [-0.2, 0) is 14.2 Å². The van der Waals surface area contributed by atoms with Crippen LogP contribution in [0, 0.1) is 0 Å². The minimum absolute atomic E-state index is 0.111. The molecule has 0 amide bonds. The van der Waals surface area contributed by atoms with Crippen LogP contribution in [0.1, 0.15) is 13.8 Å². The fourth-order valence-corrected chi connectivity index (χ4v) is 2.14. The van der Waals surface area contributed by atoms with Gasteiger partial charge >= 0.3 is 0 Å². The molecule has 0 aromatic rings. The highest BCUT2D eigenvalue weighted by Gasteiger charge is 2.22. The van der Waals surface area contributed by atoms with Crippen LogP contribution in [0.3, 0.4) is 0 Å². The first-order valence-electron chi connectivity index (χ1n) is 6.75. The lowest BCUT2D eigenvalue weighted by Crippen LogP contribution is -2.49. The van der Waals surface area contributed by atoms with Crippen LogP contribution in [0.5, 0.6) is 0 Å². The minimum atomic E-state index is 0.111. The molecule has 2 unspecified atom stereocenters. The summed E-state index contributed by atoms with van der Waals surface area (Å²) in [5.41, 5.74) is 0. The Labute approximate surface area is 111 Å². The Bertz CT molecular complexity index is 214. The maximum Gasteiger partial charge on any atom is 0.0928 e. The fraction of sp³-hybridized carbons (Fsp3) is 1.00. The highest BCUT2D eigenvalue weighted by atomic mass is 16.5. The lowest BCUT2D eigenvalue weighted by molar-refractivity contribution is -0.0394. The summed E-state index contributed by atoms with van der Waals surface area (Å²) in [6.07, 6.45) is 0.390. The van der Waals surface area contributed by atoms with Crippen LogP contribution in [-0.4, -0.2) is 76.8 Å². The van der Waals surface area contributed by atoms with Crippen molar-refractivity contribution in [2.75, 3.05) is 53.6 Å². The first kappa shape index (κ1) is 15.9. The molecule has 5 nitrogen and oxygen atoms in total. The summed E-state index contributed by atoms with van der Waals surface area (Å²) < 4.78 is 16.1. The Morgan fingerprint density at radius 1 is 1.39 bits per heavy atom. The summed E-state index contributed by atoms with van der Waals surface area (Å²) in [5, 5.41) is 3.39. The van der Waals surface area contributed by atoms with Gasteiger partial charge in [-0.3, -0.25) is 4.90 Å². The number of hydrogen-bond donors (Lipinski definition) is 1. The van der Waals surface area contributed by atoms with Crippen molar-refractivity contribution < 1.29 is 14.2 Å². The zero-order valence-electron chi connectivity index (χ0n) is 12.1. The van der Waals surface area contributed by atoms with Gasteiger partial charge in [0.25, 0.3) is 0 Å². The predicted molar refractivity (Wildman–Crippen MR) is 72.0 cm³/mol. The molecule has 0 aromatic heterocycles. The standard InChI is InChI=1S/C13H28N2O3/c1-11(2)15-5-6-18-12(9-15)7-14-8-13(17-4)10-16-3/h11-14H,5-10H2,1-4H3. The van der Waals surface area contributed by atoms with Gasteiger partial charge in [-0.05, 0) is 13.8 Å². The first-order chi connectivity index (χ1) is 8.67. The van der Waals surface area contributed by atoms with Gasteiger partial charge in [-0.15, -0.1) is 0 Å². The Balaban J connectivity index is 2.18. The van der Waals surface area contributed by atoms with Gasteiger partial charge in [-0.25, -0.2) is 0 Å². The van der Waals surface area contributed by atoms with Crippen molar-refractivity contribution in [3.63, 3.8) is 0 Å². The van der Waals surface area contributed by atoms with E-state index in [0.29, 0.717) is 12.6 Å². The molecule has 0 spiro atoms. The average molecular weight is 260 g/mol. The summed E-state index contributed by atoms with van der Waals surface area (Å²) in [5.74, 6) is 0. The molecule has 5 heteroatoms. The van der Waals surface area contributed by atoms with Crippen molar-refractivity contribution in [2.24, 2.45) is 0 Å². The topological polar surface area (TPSA) is 43.0 Å². The number of nitrogens with zero attached hydrogens (tertiary/aromatic N) is 1. The van der Waals surface area contributed by atoms with Crippen molar-refractivity contribution in [3.8, 4) is 0 Å². The molecule has 0 aromatic carbocycles. The van der Waals surface area contributed by atoms with E-state index in [2.05, 4.69) is 24.1 Å². The Hall–Kier alpha value is -0.200. The van der Waals surface area contributed by atoms with Gasteiger partial charge in [-0.1, -0.05) is 0 Å². The van der Waals surface area contributed by atoms with Gasteiger partial charge in [0.05, 0.1) is 25.4 Å². The molecular formula is C13H28N2O3. The van der Waals surface area contributed by atoms with Gasteiger partial charge in [0.1, 0.15) is 0 Å². The zero-order chi connectivity index (χ0) is 13.4. The van der Waals surface area contributed by atoms with Crippen molar-refractivity contribution in [3.05, 3.63) is 0 Å². The third-order valence-corrected chi connectivity index (χ3v) is 3.33. The SMILES string of the molecule is COCC(CNCC1CN(C(C)C)CCO1)OC. The molecule has 0 radical (unpaired) electrons.